The normalized spacial score (nSPS) is 21.8. The minimum Gasteiger partial charge on any atom is -0.477 e. The summed E-state index contributed by atoms with van der Waals surface area (Å²) in [6, 6.07) is 0.691. The Bertz CT molecular complexity index is 832. The van der Waals surface area contributed by atoms with Gasteiger partial charge in [0.2, 0.25) is 0 Å². The fourth-order valence-corrected chi connectivity index (χ4v) is 4.12. The molecule has 1 aromatic rings. The number of amides is 2. The molecule has 0 spiro atoms. The van der Waals surface area contributed by atoms with Gasteiger partial charge in [-0.1, -0.05) is 0 Å². The second-order valence-corrected chi connectivity index (χ2v) is 6.84. The molecule has 138 valence electrons. The molecule has 2 atom stereocenters. The number of carboxylic acids is 1. The van der Waals surface area contributed by atoms with E-state index < -0.39 is 35.2 Å². The number of rotatable bonds is 5. The summed E-state index contributed by atoms with van der Waals surface area (Å²) in [5, 5.41) is 15.5. The SMILES string of the molecule is CC(=O)OCC1=C(C(=O)O)N2C(=O)[C@H](NC(=O)c3ccnn3C)[C@@H]2SC1. The zero-order valence-corrected chi connectivity index (χ0v) is 14.8. The number of hydrogen-bond acceptors (Lipinski definition) is 7. The molecular formula is C15H16N4O6S. The van der Waals surface area contributed by atoms with Gasteiger partial charge in [-0.3, -0.25) is 24.0 Å². The maximum absolute atomic E-state index is 12.5. The standard InChI is InChI=1S/C15H16N4O6S/c1-7(20)25-5-8-6-26-14-10(13(22)19(14)11(8)15(23)24)17-12(21)9-3-4-16-18(9)2/h3-4,10,14H,5-6H2,1-2H3,(H,17,21)(H,23,24)/t10-,14-/m0/s1. The molecule has 0 aliphatic carbocycles. The van der Waals surface area contributed by atoms with Crippen LogP contribution in [-0.2, 0) is 26.2 Å². The predicted octanol–water partition coefficient (Wildman–Crippen LogP) is -0.665. The van der Waals surface area contributed by atoms with Crippen LogP contribution in [0.1, 0.15) is 17.4 Å². The van der Waals surface area contributed by atoms with Crippen LogP contribution in [0.4, 0.5) is 0 Å². The van der Waals surface area contributed by atoms with Crippen LogP contribution in [0.3, 0.4) is 0 Å². The van der Waals surface area contributed by atoms with Gasteiger partial charge in [0, 0.05) is 31.5 Å². The molecule has 3 heterocycles. The van der Waals surface area contributed by atoms with Crippen LogP contribution in [0.2, 0.25) is 0 Å². The molecule has 2 aliphatic heterocycles. The van der Waals surface area contributed by atoms with Gasteiger partial charge in [-0.25, -0.2) is 4.79 Å². The lowest BCUT2D eigenvalue weighted by atomic mass is 10.0. The van der Waals surface area contributed by atoms with Gasteiger partial charge in [0.05, 0.1) is 0 Å². The van der Waals surface area contributed by atoms with E-state index in [1.807, 2.05) is 0 Å². The highest BCUT2D eigenvalue weighted by atomic mass is 32.2. The first-order valence-corrected chi connectivity index (χ1v) is 8.68. The van der Waals surface area contributed by atoms with E-state index in [1.54, 1.807) is 7.05 Å². The summed E-state index contributed by atoms with van der Waals surface area (Å²) in [5.74, 6) is -2.51. The number of aryl methyl sites for hydroxylation is 1. The van der Waals surface area contributed by atoms with Crippen LogP contribution in [0.15, 0.2) is 23.5 Å². The van der Waals surface area contributed by atoms with Gasteiger partial charge in [0.25, 0.3) is 11.8 Å². The molecule has 3 rings (SSSR count). The molecule has 26 heavy (non-hydrogen) atoms. The van der Waals surface area contributed by atoms with Crippen molar-refractivity contribution in [1.29, 1.82) is 0 Å². The van der Waals surface area contributed by atoms with E-state index in [4.69, 9.17) is 4.74 Å². The van der Waals surface area contributed by atoms with Crippen LogP contribution >= 0.6 is 11.8 Å². The van der Waals surface area contributed by atoms with Crippen LogP contribution in [0.5, 0.6) is 0 Å². The number of hydrogen-bond donors (Lipinski definition) is 2. The highest BCUT2D eigenvalue weighted by Gasteiger charge is 2.54. The Morgan fingerprint density at radius 2 is 2.19 bits per heavy atom. The number of fused-ring (bicyclic) bond motifs is 1. The fourth-order valence-electron chi connectivity index (χ4n) is 2.79. The topological polar surface area (TPSA) is 131 Å². The van der Waals surface area contributed by atoms with E-state index in [0.29, 0.717) is 11.3 Å². The molecule has 1 saturated heterocycles. The van der Waals surface area contributed by atoms with Gasteiger partial charge in [-0.15, -0.1) is 11.8 Å². The van der Waals surface area contributed by atoms with E-state index in [2.05, 4.69) is 10.4 Å². The van der Waals surface area contributed by atoms with E-state index in [-0.39, 0.29) is 18.1 Å². The molecule has 2 amide bonds. The van der Waals surface area contributed by atoms with Crippen LogP contribution < -0.4 is 5.32 Å². The quantitative estimate of drug-likeness (QED) is 0.508. The lowest BCUT2D eigenvalue weighted by Crippen LogP contribution is -2.70. The van der Waals surface area contributed by atoms with E-state index >= 15 is 0 Å². The van der Waals surface area contributed by atoms with E-state index in [1.165, 1.54) is 35.6 Å². The van der Waals surface area contributed by atoms with Gasteiger partial charge in [0.15, 0.2) is 0 Å². The highest BCUT2D eigenvalue weighted by Crippen LogP contribution is 2.40. The molecule has 2 aliphatic rings. The van der Waals surface area contributed by atoms with Crippen molar-refractivity contribution in [3.05, 3.63) is 29.2 Å². The molecule has 0 aromatic carbocycles. The lowest BCUT2D eigenvalue weighted by Gasteiger charge is -2.49. The summed E-state index contributed by atoms with van der Waals surface area (Å²) in [4.78, 5) is 48.4. The summed E-state index contributed by atoms with van der Waals surface area (Å²) >= 11 is 1.30. The smallest absolute Gasteiger partial charge is 0.352 e. The van der Waals surface area contributed by atoms with Crippen LogP contribution in [0, 0.1) is 0 Å². The van der Waals surface area contributed by atoms with Gasteiger partial charge < -0.3 is 15.2 Å². The lowest BCUT2D eigenvalue weighted by molar-refractivity contribution is -0.149. The molecule has 10 nitrogen and oxygen atoms in total. The van der Waals surface area contributed by atoms with Gasteiger partial charge >= 0.3 is 11.9 Å². The summed E-state index contributed by atoms with van der Waals surface area (Å²) in [5.41, 5.74) is 0.450. The minimum absolute atomic E-state index is 0.188. The molecule has 1 aromatic heterocycles. The van der Waals surface area contributed by atoms with Crippen molar-refractivity contribution < 1.29 is 29.0 Å². The summed E-state index contributed by atoms with van der Waals surface area (Å²) < 4.78 is 6.25. The van der Waals surface area contributed by atoms with Gasteiger partial charge in [0.1, 0.15) is 29.4 Å². The molecule has 0 unspecified atom stereocenters. The zero-order chi connectivity index (χ0) is 19.0. The van der Waals surface area contributed by atoms with Gasteiger partial charge in [-0.2, -0.15) is 5.10 Å². The highest BCUT2D eigenvalue weighted by molar-refractivity contribution is 8.00. The number of thioether (sulfide) groups is 1. The monoisotopic (exact) mass is 380 g/mol. The number of nitrogens with zero attached hydrogens (tertiary/aromatic N) is 3. The molecular weight excluding hydrogens is 364 g/mol. The number of β-lactam (4-membered cyclic amide) rings is 1. The molecule has 11 heteroatoms. The first-order valence-electron chi connectivity index (χ1n) is 7.63. The maximum atomic E-state index is 12.5. The largest absolute Gasteiger partial charge is 0.477 e. The van der Waals surface area contributed by atoms with Crippen molar-refractivity contribution >= 4 is 35.5 Å². The average Bonchev–Trinajstić information content (AvgIpc) is 3.02. The summed E-state index contributed by atoms with van der Waals surface area (Å²) in [7, 11) is 1.60. The van der Waals surface area contributed by atoms with Crippen molar-refractivity contribution in [3.8, 4) is 0 Å². The summed E-state index contributed by atoms with van der Waals surface area (Å²) in [6.07, 6.45) is 1.46. The molecule has 1 fully saturated rings. The Kier molecular flexibility index (Phi) is 4.72. The average molecular weight is 380 g/mol. The van der Waals surface area contributed by atoms with Crippen LogP contribution in [0.25, 0.3) is 0 Å². The molecule has 0 saturated carbocycles. The Morgan fingerprint density at radius 1 is 1.46 bits per heavy atom. The van der Waals surface area contributed by atoms with Crippen molar-refractivity contribution in [2.45, 2.75) is 18.3 Å². The first-order chi connectivity index (χ1) is 12.3. The Balaban J connectivity index is 1.77. The van der Waals surface area contributed by atoms with Crippen molar-refractivity contribution in [2.24, 2.45) is 7.05 Å². The van der Waals surface area contributed by atoms with Crippen molar-refractivity contribution in [2.75, 3.05) is 12.4 Å². The Labute approximate surface area is 152 Å². The second kappa shape index (κ2) is 6.83. The number of ether oxygens (including phenoxy) is 1. The Hall–Kier alpha value is -2.82. The molecule has 0 radical (unpaired) electrons. The summed E-state index contributed by atoms with van der Waals surface area (Å²) in [6.45, 7) is 1.03. The van der Waals surface area contributed by atoms with Crippen molar-refractivity contribution in [3.63, 3.8) is 0 Å². The number of carbonyl (C=O) groups is 4. The van der Waals surface area contributed by atoms with Gasteiger partial charge in [-0.05, 0) is 6.07 Å². The number of carbonyl (C=O) groups excluding carboxylic acids is 3. The number of aliphatic carboxylic acids is 1. The molecule has 2 N–H and O–H groups in total. The maximum Gasteiger partial charge on any atom is 0.352 e. The number of aromatic nitrogens is 2. The first kappa shape index (κ1) is 18.0. The third-order valence-corrected chi connectivity index (χ3v) is 5.38. The van der Waals surface area contributed by atoms with E-state index in [0.717, 1.165) is 4.90 Å². The van der Waals surface area contributed by atoms with Crippen molar-refractivity contribution in [1.82, 2.24) is 20.0 Å². The number of carboxylic acid groups (broad SMARTS) is 1. The number of nitrogens with one attached hydrogen (secondary N) is 1. The van der Waals surface area contributed by atoms with E-state index in [9.17, 15) is 24.3 Å². The number of esters is 1. The second-order valence-electron chi connectivity index (χ2n) is 5.74. The van der Waals surface area contributed by atoms with Crippen LogP contribution in [-0.4, -0.2) is 67.3 Å². The third-order valence-electron chi connectivity index (χ3n) is 4.04. The Morgan fingerprint density at radius 3 is 2.77 bits per heavy atom. The minimum atomic E-state index is -1.28. The third kappa shape index (κ3) is 3.05. The molecule has 0 bridgehead atoms. The fraction of sp³-hybridized carbons (Fsp3) is 0.400. The predicted molar refractivity (Wildman–Crippen MR) is 88.8 cm³/mol. The zero-order valence-electron chi connectivity index (χ0n) is 14.0.